The Balaban J connectivity index is 1.45. The lowest BCUT2D eigenvalue weighted by Gasteiger charge is -2.10. The van der Waals surface area contributed by atoms with E-state index in [1.807, 2.05) is 18.2 Å². The SMILES string of the molecule is Cc1c(C(=O)Nc2ccc(C(=O)Nc3cccc(C(F)(F)F)c3)cc2)oc2ccccc12. The number of furan rings is 1. The first kappa shape index (κ1) is 21.2. The molecule has 0 aliphatic carbocycles. The molecule has 162 valence electrons. The minimum absolute atomic E-state index is 0.0302. The summed E-state index contributed by atoms with van der Waals surface area (Å²) in [5, 5.41) is 5.99. The van der Waals surface area contributed by atoms with Crippen LogP contribution in [0.5, 0.6) is 0 Å². The number of para-hydroxylation sites is 1. The minimum Gasteiger partial charge on any atom is -0.451 e. The van der Waals surface area contributed by atoms with Crippen LogP contribution in [0.3, 0.4) is 0 Å². The minimum atomic E-state index is -4.50. The number of benzene rings is 3. The maximum atomic E-state index is 12.8. The second-order valence-electron chi connectivity index (χ2n) is 7.12. The third-order valence-electron chi connectivity index (χ3n) is 4.90. The lowest BCUT2D eigenvalue weighted by molar-refractivity contribution is -0.137. The molecule has 0 atom stereocenters. The van der Waals surface area contributed by atoms with E-state index in [9.17, 15) is 22.8 Å². The van der Waals surface area contributed by atoms with Gasteiger partial charge in [0.05, 0.1) is 5.56 Å². The van der Waals surface area contributed by atoms with Gasteiger partial charge in [-0.2, -0.15) is 13.2 Å². The van der Waals surface area contributed by atoms with Crippen molar-refractivity contribution in [2.45, 2.75) is 13.1 Å². The van der Waals surface area contributed by atoms with Crippen LogP contribution < -0.4 is 10.6 Å². The van der Waals surface area contributed by atoms with Crippen molar-refractivity contribution < 1.29 is 27.2 Å². The van der Waals surface area contributed by atoms with E-state index in [2.05, 4.69) is 10.6 Å². The van der Waals surface area contributed by atoms with Gasteiger partial charge in [0.2, 0.25) is 0 Å². The molecular formula is C24H17F3N2O3. The summed E-state index contributed by atoms with van der Waals surface area (Å²) in [6, 6.07) is 17.7. The van der Waals surface area contributed by atoms with Gasteiger partial charge in [0.1, 0.15) is 5.58 Å². The summed E-state index contributed by atoms with van der Waals surface area (Å²) in [6.07, 6.45) is -4.50. The summed E-state index contributed by atoms with van der Waals surface area (Å²) >= 11 is 0. The molecule has 3 aromatic carbocycles. The molecule has 0 radical (unpaired) electrons. The Kier molecular flexibility index (Phi) is 5.44. The van der Waals surface area contributed by atoms with Crippen LogP contribution in [0.25, 0.3) is 11.0 Å². The van der Waals surface area contributed by atoms with Crippen LogP contribution in [0.15, 0.2) is 77.2 Å². The standard InChI is InChI=1S/C24H17F3N2O3/c1-14-19-7-2-3-8-20(19)32-21(14)23(31)28-17-11-9-15(10-12-17)22(30)29-18-6-4-5-16(13-18)24(25,26)27/h2-13H,1H3,(H,28,31)(H,29,30). The van der Waals surface area contributed by atoms with Crippen LogP contribution in [-0.4, -0.2) is 11.8 Å². The van der Waals surface area contributed by atoms with Crippen molar-refractivity contribution in [2.24, 2.45) is 0 Å². The van der Waals surface area contributed by atoms with Gasteiger partial charge < -0.3 is 15.1 Å². The number of aryl methyl sites for hydroxylation is 1. The van der Waals surface area contributed by atoms with Crippen molar-refractivity contribution in [3.8, 4) is 0 Å². The van der Waals surface area contributed by atoms with E-state index in [4.69, 9.17) is 4.42 Å². The Hall–Kier alpha value is -4.07. The zero-order valence-electron chi connectivity index (χ0n) is 16.8. The van der Waals surface area contributed by atoms with E-state index in [0.29, 0.717) is 11.3 Å². The Morgan fingerprint density at radius 3 is 2.19 bits per heavy atom. The number of amides is 2. The van der Waals surface area contributed by atoms with Crippen LogP contribution in [0.4, 0.5) is 24.5 Å². The molecule has 4 rings (SSSR count). The van der Waals surface area contributed by atoms with E-state index in [-0.39, 0.29) is 17.0 Å². The third kappa shape index (κ3) is 4.34. The second kappa shape index (κ2) is 8.22. The van der Waals surface area contributed by atoms with Gasteiger partial charge in [0.25, 0.3) is 11.8 Å². The summed E-state index contributed by atoms with van der Waals surface area (Å²) < 4.78 is 44.1. The molecule has 0 fully saturated rings. The molecule has 0 aliphatic rings. The van der Waals surface area contributed by atoms with Gasteiger partial charge in [-0.1, -0.05) is 24.3 Å². The predicted molar refractivity (Wildman–Crippen MR) is 115 cm³/mol. The second-order valence-corrected chi connectivity index (χ2v) is 7.12. The van der Waals surface area contributed by atoms with Crippen LogP contribution in [0.2, 0.25) is 0 Å². The molecule has 0 aliphatic heterocycles. The molecule has 2 N–H and O–H groups in total. The zero-order valence-corrected chi connectivity index (χ0v) is 16.8. The largest absolute Gasteiger partial charge is 0.451 e. The number of hydrogen-bond donors (Lipinski definition) is 2. The van der Waals surface area contributed by atoms with Crippen LogP contribution in [0.1, 0.15) is 32.0 Å². The van der Waals surface area contributed by atoms with Gasteiger partial charge in [0.15, 0.2) is 5.76 Å². The molecule has 0 saturated carbocycles. The zero-order chi connectivity index (χ0) is 22.9. The first-order chi connectivity index (χ1) is 15.2. The topological polar surface area (TPSA) is 71.3 Å². The van der Waals surface area contributed by atoms with Gasteiger partial charge in [0, 0.05) is 27.9 Å². The first-order valence-electron chi connectivity index (χ1n) is 9.60. The summed E-state index contributed by atoms with van der Waals surface area (Å²) in [7, 11) is 0. The normalized spacial score (nSPS) is 11.4. The number of hydrogen-bond acceptors (Lipinski definition) is 3. The van der Waals surface area contributed by atoms with E-state index in [0.717, 1.165) is 23.1 Å². The number of carbonyl (C=O) groups is 2. The highest BCUT2D eigenvalue weighted by atomic mass is 19.4. The number of nitrogens with one attached hydrogen (secondary N) is 2. The molecule has 1 aromatic heterocycles. The molecular weight excluding hydrogens is 421 g/mol. The highest BCUT2D eigenvalue weighted by molar-refractivity contribution is 6.07. The molecule has 0 saturated heterocycles. The fourth-order valence-electron chi connectivity index (χ4n) is 3.26. The Labute approximate surface area is 180 Å². The number of anilines is 2. The lowest BCUT2D eigenvalue weighted by atomic mass is 10.1. The van der Waals surface area contributed by atoms with Crippen LogP contribution in [-0.2, 0) is 6.18 Å². The molecule has 1 heterocycles. The molecule has 2 amide bonds. The molecule has 8 heteroatoms. The lowest BCUT2D eigenvalue weighted by Crippen LogP contribution is -2.14. The quantitative estimate of drug-likeness (QED) is 0.395. The summed E-state index contributed by atoms with van der Waals surface area (Å²) in [4.78, 5) is 25.0. The van der Waals surface area contributed by atoms with Gasteiger partial charge in [-0.3, -0.25) is 9.59 Å². The van der Waals surface area contributed by atoms with Crippen molar-refractivity contribution in [1.29, 1.82) is 0 Å². The third-order valence-corrected chi connectivity index (χ3v) is 4.90. The van der Waals surface area contributed by atoms with Crippen molar-refractivity contribution in [3.63, 3.8) is 0 Å². The highest BCUT2D eigenvalue weighted by Gasteiger charge is 2.30. The fourth-order valence-corrected chi connectivity index (χ4v) is 3.26. The Morgan fingerprint density at radius 1 is 0.812 bits per heavy atom. The molecule has 32 heavy (non-hydrogen) atoms. The number of halogens is 3. The Morgan fingerprint density at radius 2 is 1.50 bits per heavy atom. The smallest absolute Gasteiger partial charge is 0.416 e. The monoisotopic (exact) mass is 438 g/mol. The van der Waals surface area contributed by atoms with E-state index < -0.39 is 23.6 Å². The molecule has 4 aromatic rings. The van der Waals surface area contributed by atoms with Gasteiger partial charge in [-0.05, 0) is 55.5 Å². The highest BCUT2D eigenvalue weighted by Crippen LogP contribution is 2.31. The maximum absolute atomic E-state index is 12.8. The number of rotatable bonds is 4. The average Bonchev–Trinajstić information content (AvgIpc) is 3.11. The van der Waals surface area contributed by atoms with Gasteiger partial charge in [-0.25, -0.2) is 0 Å². The summed E-state index contributed by atoms with van der Waals surface area (Å²) in [5.74, 6) is -0.812. The van der Waals surface area contributed by atoms with Crippen LogP contribution >= 0.6 is 0 Å². The Bertz CT molecular complexity index is 1310. The van der Waals surface area contributed by atoms with Gasteiger partial charge >= 0.3 is 6.18 Å². The van der Waals surface area contributed by atoms with E-state index in [1.54, 1.807) is 13.0 Å². The predicted octanol–water partition coefficient (Wildman–Crippen LogP) is 6.26. The van der Waals surface area contributed by atoms with Crippen molar-refractivity contribution in [3.05, 3.63) is 95.2 Å². The van der Waals surface area contributed by atoms with Crippen LogP contribution in [0, 0.1) is 6.92 Å². The number of fused-ring (bicyclic) bond motifs is 1. The first-order valence-corrected chi connectivity index (χ1v) is 9.60. The molecule has 0 spiro atoms. The fraction of sp³-hybridized carbons (Fsp3) is 0.0833. The summed E-state index contributed by atoms with van der Waals surface area (Å²) in [6.45, 7) is 1.79. The van der Waals surface area contributed by atoms with Crippen molar-refractivity contribution in [1.82, 2.24) is 0 Å². The molecule has 0 unspecified atom stereocenters. The van der Waals surface area contributed by atoms with Crippen molar-refractivity contribution >= 4 is 34.2 Å². The average molecular weight is 438 g/mol. The maximum Gasteiger partial charge on any atom is 0.416 e. The summed E-state index contributed by atoms with van der Waals surface area (Å²) in [5.41, 5.74) is 1.16. The van der Waals surface area contributed by atoms with E-state index in [1.165, 1.54) is 36.4 Å². The van der Waals surface area contributed by atoms with E-state index >= 15 is 0 Å². The van der Waals surface area contributed by atoms with Crippen molar-refractivity contribution in [2.75, 3.05) is 10.6 Å². The molecule has 5 nitrogen and oxygen atoms in total. The number of carbonyl (C=O) groups excluding carboxylic acids is 2. The number of alkyl halides is 3. The van der Waals surface area contributed by atoms with Gasteiger partial charge in [-0.15, -0.1) is 0 Å². The molecule has 0 bridgehead atoms.